The molecule has 4 amide bonds. The molecule has 0 saturated carbocycles. The Labute approximate surface area is 271 Å². The maximum atomic E-state index is 13.5. The number of unbranched alkanes of at least 4 members (excludes halogenated alkanes) is 1. The average Bonchev–Trinajstić information content (AvgIpc) is 3.08. The zero-order chi connectivity index (χ0) is 33.7. The van der Waals surface area contributed by atoms with E-state index in [0.717, 1.165) is 9.80 Å². The molecule has 5 aromatic rings. The SMILES string of the molecule is O=C1c2cccc3cc([N+](=O)[O-])cc(c23)C(=O)N1CCCCNCCCN1C(=O)c2cc([N+](=O)[O-])cc3c2c(cc2ncccc23)C1=O. The molecule has 0 spiro atoms. The molecular formula is C34H26N6O8. The van der Waals surface area contributed by atoms with Crippen molar-refractivity contribution in [3.05, 3.63) is 109 Å². The van der Waals surface area contributed by atoms with Gasteiger partial charge in [0.25, 0.3) is 35.0 Å². The highest BCUT2D eigenvalue weighted by Crippen LogP contribution is 2.38. The number of aromatic nitrogens is 1. The predicted molar refractivity (Wildman–Crippen MR) is 174 cm³/mol. The number of imide groups is 2. The van der Waals surface area contributed by atoms with Gasteiger partial charge in [0.1, 0.15) is 0 Å². The summed E-state index contributed by atoms with van der Waals surface area (Å²) in [7, 11) is 0. The first-order valence-electron chi connectivity index (χ1n) is 15.3. The third-order valence-electron chi connectivity index (χ3n) is 8.81. The van der Waals surface area contributed by atoms with Crippen LogP contribution in [0.25, 0.3) is 32.4 Å². The van der Waals surface area contributed by atoms with Gasteiger partial charge in [-0.2, -0.15) is 0 Å². The maximum Gasteiger partial charge on any atom is 0.270 e. The van der Waals surface area contributed by atoms with E-state index in [4.69, 9.17) is 0 Å². The predicted octanol–water partition coefficient (Wildman–Crippen LogP) is 5.01. The molecule has 240 valence electrons. The summed E-state index contributed by atoms with van der Waals surface area (Å²) in [5, 5.41) is 28.7. The molecular weight excluding hydrogens is 620 g/mol. The highest BCUT2D eigenvalue weighted by atomic mass is 16.6. The normalized spacial score (nSPS) is 14.1. The monoisotopic (exact) mass is 646 g/mol. The Morgan fingerprint density at radius 2 is 1.23 bits per heavy atom. The Morgan fingerprint density at radius 3 is 1.94 bits per heavy atom. The van der Waals surface area contributed by atoms with Crippen LogP contribution in [0.4, 0.5) is 11.4 Å². The number of benzene rings is 4. The molecule has 7 rings (SSSR count). The van der Waals surface area contributed by atoms with Gasteiger partial charge in [-0.15, -0.1) is 0 Å². The van der Waals surface area contributed by atoms with Crippen LogP contribution >= 0.6 is 0 Å². The number of carbonyl (C=O) groups excluding carboxylic acids is 4. The van der Waals surface area contributed by atoms with Crippen molar-refractivity contribution in [1.82, 2.24) is 20.1 Å². The fourth-order valence-electron chi connectivity index (χ4n) is 6.59. The Bertz CT molecular complexity index is 2270. The van der Waals surface area contributed by atoms with E-state index in [0.29, 0.717) is 70.4 Å². The minimum atomic E-state index is -0.595. The number of pyridine rings is 1. The van der Waals surface area contributed by atoms with Crippen molar-refractivity contribution in [2.75, 3.05) is 26.2 Å². The van der Waals surface area contributed by atoms with Crippen molar-refractivity contribution in [1.29, 1.82) is 0 Å². The molecule has 2 aliphatic heterocycles. The van der Waals surface area contributed by atoms with E-state index in [-0.39, 0.29) is 41.2 Å². The molecule has 0 unspecified atom stereocenters. The molecule has 14 nitrogen and oxygen atoms in total. The summed E-state index contributed by atoms with van der Waals surface area (Å²) in [6, 6.07) is 15.1. The molecule has 0 atom stereocenters. The van der Waals surface area contributed by atoms with E-state index in [1.807, 2.05) is 0 Å². The first-order chi connectivity index (χ1) is 23.2. The van der Waals surface area contributed by atoms with Gasteiger partial charge in [-0.1, -0.05) is 18.2 Å². The van der Waals surface area contributed by atoms with E-state index in [1.165, 1.54) is 24.3 Å². The van der Waals surface area contributed by atoms with Crippen molar-refractivity contribution in [2.45, 2.75) is 19.3 Å². The number of hydrogen-bond acceptors (Lipinski definition) is 10. The van der Waals surface area contributed by atoms with Crippen LogP contribution in [0, 0.1) is 20.2 Å². The number of nitrogens with one attached hydrogen (secondary N) is 1. The van der Waals surface area contributed by atoms with Gasteiger partial charge in [-0.05, 0) is 61.3 Å². The van der Waals surface area contributed by atoms with Gasteiger partial charge < -0.3 is 5.32 Å². The van der Waals surface area contributed by atoms with Crippen LogP contribution < -0.4 is 5.32 Å². The van der Waals surface area contributed by atoms with Crippen molar-refractivity contribution >= 4 is 67.5 Å². The molecule has 4 aromatic carbocycles. The highest BCUT2D eigenvalue weighted by Gasteiger charge is 2.36. The Balaban J connectivity index is 0.959. The van der Waals surface area contributed by atoms with Gasteiger partial charge in [0, 0.05) is 65.3 Å². The lowest BCUT2D eigenvalue weighted by atomic mass is 9.91. The first-order valence-corrected chi connectivity index (χ1v) is 15.3. The van der Waals surface area contributed by atoms with Crippen LogP contribution in [0.5, 0.6) is 0 Å². The summed E-state index contributed by atoms with van der Waals surface area (Å²) in [5.74, 6) is -2.09. The van der Waals surface area contributed by atoms with Crippen LogP contribution in [0.2, 0.25) is 0 Å². The van der Waals surface area contributed by atoms with Gasteiger partial charge >= 0.3 is 0 Å². The molecule has 0 fully saturated rings. The van der Waals surface area contributed by atoms with Crippen LogP contribution in [0.1, 0.15) is 60.7 Å². The number of nitrogens with zero attached hydrogens (tertiary/aromatic N) is 5. The number of nitro groups is 2. The third kappa shape index (κ3) is 4.98. The average molecular weight is 647 g/mol. The summed E-state index contributed by atoms with van der Waals surface area (Å²) in [6.45, 7) is 1.20. The van der Waals surface area contributed by atoms with Crippen LogP contribution in [-0.4, -0.2) is 74.4 Å². The third-order valence-corrected chi connectivity index (χ3v) is 8.81. The summed E-state index contributed by atoms with van der Waals surface area (Å²) < 4.78 is 0. The number of fused-ring (bicyclic) bond motifs is 2. The molecule has 0 bridgehead atoms. The van der Waals surface area contributed by atoms with Gasteiger partial charge in [0.05, 0.1) is 32.1 Å². The van der Waals surface area contributed by atoms with E-state index < -0.39 is 33.5 Å². The van der Waals surface area contributed by atoms with E-state index >= 15 is 0 Å². The minimum Gasteiger partial charge on any atom is -0.317 e. The molecule has 2 aliphatic rings. The number of amides is 4. The Hall–Kier alpha value is -6.15. The second-order valence-electron chi connectivity index (χ2n) is 11.7. The lowest BCUT2D eigenvalue weighted by Gasteiger charge is -2.27. The molecule has 48 heavy (non-hydrogen) atoms. The van der Waals surface area contributed by atoms with E-state index in [9.17, 15) is 39.4 Å². The van der Waals surface area contributed by atoms with E-state index in [2.05, 4.69) is 10.3 Å². The molecule has 1 aromatic heterocycles. The molecule has 0 saturated heterocycles. The van der Waals surface area contributed by atoms with Crippen molar-refractivity contribution in [3.8, 4) is 0 Å². The van der Waals surface area contributed by atoms with Crippen LogP contribution in [-0.2, 0) is 0 Å². The van der Waals surface area contributed by atoms with Crippen molar-refractivity contribution in [3.63, 3.8) is 0 Å². The topological polar surface area (TPSA) is 186 Å². The van der Waals surface area contributed by atoms with Crippen molar-refractivity contribution in [2.24, 2.45) is 0 Å². The Kier molecular flexibility index (Phi) is 7.56. The van der Waals surface area contributed by atoms with E-state index in [1.54, 1.807) is 42.6 Å². The molecule has 0 aliphatic carbocycles. The highest BCUT2D eigenvalue weighted by molar-refractivity contribution is 6.29. The molecule has 1 N–H and O–H groups in total. The van der Waals surface area contributed by atoms with Crippen LogP contribution in [0.15, 0.2) is 66.9 Å². The second-order valence-corrected chi connectivity index (χ2v) is 11.7. The number of carbonyl (C=O) groups is 4. The first kappa shape index (κ1) is 30.5. The minimum absolute atomic E-state index is 0.0857. The van der Waals surface area contributed by atoms with Crippen LogP contribution in [0.3, 0.4) is 0 Å². The quantitative estimate of drug-likeness (QED) is 0.0672. The summed E-state index contributed by atoms with van der Waals surface area (Å²) in [4.78, 5) is 81.9. The lowest BCUT2D eigenvalue weighted by molar-refractivity contribution is -0.384. The summed E-state index contributed by atoms with van der Waals surface area (Å²) in [5.41, 5.74) is 0.849. The Morgan fingerprint density at radius 1 is 0.625 bits per heavy atom. The standard InChI is InChI=1S/C34H26N6O8/c41-31-23-7-3-6-19-14-20(39(45)46)16-25(29(19)23)32(42)37(31)12-2-1-9-35-10-5-13-38-33(43)26-17-21(40(47)48)15-24-22-8-4-11-36-28(22)18-27(30(24)26)34(38)44/h3-4,6-8,11,14-18,35H,1-2,5,9-10,12-13H2. The fourth-order valence-corrected chi connectivity index (χ4v) is 6.59. The number of rotatable bonds is 11. The van der Waals surface area contributed by atoms with Gasteiger partial charge in [0.15, 0.2) is 0 Å². The van der Waals surface area contributed by atoms with Crippen molar-refractivity contribution < 1.29 is 29.0 Å². The van der Waals surface area contributed by atoms with Gasteiger partial charge in [0.2, 0.25) is 0 Å². The summed E-state index contributed by atoms with van der Waals surface area (Å²) >= 11 is 0. The maximum absolute atomic E-state index is 13.5. The number of non-ortho nitro benzene ring substituents is 2. The number of nitro benzene ring substituents is 2. The molecule has 3 heterocycles. The smallest absolute Gasteiger partial charge is 0.270 e. The summed E-state index contributed by atoms with van der Waals surface area (Å²) in [6.07, 6.45) is 3.06. The lowest BCUT2D eigenvalue weighted by Crippen LogP contribution is -2.42. The van der Waals surface area contributed by atoms with Gasteiger partial charge in [-0.3, -0.25) is 54.2 Å². The molecule has 14 heteroatoms. The second kappa shape index (κ2) is 11.9. The zero-order valence-corrected chi connectivity index (χ0v) is 25.3. The van der Waals surface area contributed by atoms with Gasteiger partial charge in [-0.25, -0.2) is 0 Å². The number of hydrogen-bond donors (Lipinski definition) is 1. The molecule has 0 radical (unpaired) electrons. The fraction of sp³-hybridized carbons (Fsp3) is 0.206. The largest absolute Gasteiger partial charge is 0.317 e. The zero-order valence-electron chi connectivity index (χ0n) is 25.3.